The fraction of sp³-hybridized carbons (Fsp3) is 0.167. The van der Waals surface area contributed by atoms with Crippen LogP contribution in [0.3, 0.4) is 0 Å². The van der Waals surface area contributed by atoms with E-state index in [1.165, 1.54) is 22.7 Å². The molecule has 4 aliphatic heterocycles. The van der Waals surface area contributed by atoms with Crippen LogP contribution in [-0.4, -0.2) is 113 Å². The monoisotopic (exact) mass is 1460 g/mol. The van der Waals surface area contributed by atoms with Crippen LogP contribution in [0.25, 0.3) is 22.7 Å². The van der Waals surface area contributed by atoms with Gasteiger partial charge >= 0.3 is 11.9 Å². The Labute approximate surface area is 629 Å². The van der Waals surface area contributed by atoms with Crippen molar-refractivity contribution in [3.63, 3.8) is 0 Å². The van der Waals surface area contributed by atoms with Crippen molar-refractivity contribution in [1.82, 2.24) is 38.2 Å². The molecule has 0 aliphatic carbocycles. The summed E-state index contributed by atoms with van der Waals surface area (Å²) in [4.78, 5) is 89.4. The summed E-state index contributed by atoms with van der Waals surface area (Å²) in [6, 6.07) is 47.7. The van der Waals surface area contributed by atoms with Crippen molar-refractivity contribution in [2.45, 2.75) is 53.9 Å². The summed E-state index contributed by atoms with van der Waals surface area (Å²) in [5, 5.41) is 0. The van der Waals surface area contributed by atoms with Gasteiger partial charge in [-0.15, -0.1) is 48.4 Å². The summed E-state index contributed by atoms with van der Waals surface area (Å²) < 4.78 is 29.5. The van der Waals surface area contributed by atoms with Crippen LogP contribution in [0.4, 0.5) is 0 Å². The molecule has 0 radical (unpaired) electrons. The summed E-state index contributed by atoms with van der Waals surface area (Å²) in [5.41, 5.74) is 21.2. The number of terminal acetylenes is 4. The van der Waals surface area contributed by atoms with Crippen LogP contribution in [0.5, 0.6) is 11.8 Å². The molecule has 16 rings (SSSR count). The molecule has 0 fully saturated rings. The Morgan fingerprint density at radius 1 is 0.398 bits per heavy atom. The number of hydrogen-bond donors (Lipinski definition) is 0. The molecule has 532 valence electrons. The minimum Gasteiger partial charge on any atom is -0.434 e. The predicted molar refractivity (Wildman–Crippen MR) is 409 cm³/mol. The van der Waals surface area contributed by atoms with Crippen LogP contribution in [0.15, 0.2) is 191 Å². The lowest BCUT2D eigenvalue weighted by molar-refractivity contribution is -0.221. The maximum Gasteiger partial charge on any atom is 0.361 e. The molecule has 4 aliphatic rings. The van der Waals surface area contributed by atoms with Crippen LogP contribution in [0.2, 0.25) is 0 Å². The van der Waals surface area contributed by atoms with Crippen molar-refractivity contribution < 1.29 is 48.1 Å². The molecular weight excluding hydrogens is 1400 g/mol. The third kappa shape index (κ3) is 14.0. The Morgan fingerprint density at radius 2 is 0.750 bits per heavy atom. The van der Waals surface area contributed by atoms with Crippen LogP contribution < -0.4 is 9.78 Å². The quantitative estimate of drug-likeness (QED) is 0.0173. The maximum atomic E-state index is 13.2. The average Bonchev–Trinajstić information content (AvgIpc) is 1.62. The van der Waals surface area contributed by atoms with Gasteiger partial charge in [-0.05, 0) is 98.5 Å². The molecule has 0 unspecified atom stereocenters. The number of aliphatic imine (C=N–C) groups is 4. The minimum absolute atomic E-state index is 0.0381. The van der Waals surface area contributed by atoms with E-state index in [0.717, 1.165) is 132 Å². The SMILES string of the molecule is C#Cc1cc2c(s1)C(c1ccccc1C)=NCc1c(OOCCOCOC(=O)c3ncn4c3CN=C(c3ccccc3C)c3sc(C#C)cc3-4)ncn1-2.C#Cc1ccc2c(c1)C(c1ccccc1C)=NCc1c(OOCCOCOC(=O)c3ncn4c3CN=C(c3ccccc3C)c3cc(C#C)ccc3-4)ncn1-2. The highest BCUT2D eigenvalue weighted by atomic mass is 32.1. The first-order chi connectivity index (χ1) is 52.9. The van der Waals surface area contributed by atoms with Gasteiger partial charge in [-0.25, -0.2) is 19.6 Å². The van der Waals surface area contributed by atoms with Crippen LogP contribution in [0, 0.1) is 77.1 Å². The molecule has 0 saturated carbocycles. The lowest BCUT2D eigenvalue weighted by Gasteiger charge is -2.13. The normalized spacial score (nSPS) is 12.7. The number of carbonyl (C=O) groups is 2. The second kappa shape index (κ2) is 31.3. The lowest BCUT2D eigenvalue weighted by atomic mass is 9.95. The molecule has 0 spiro atoms. The summed E-state index contributed by atoms with van der Waals surface area (Å²) in [6.07, 6.45) is 29.6. The smallest absolute Gasteiger partial charge is 0.361 e. The van der Waals surface area contributed by atoms with Crippen molar-refractivity contribution in [3.05, 3.63) is 291 Å². The molecule has 10 heterocycles. The van der Waals surface area contributed by atoms with Gasteiger partial charge < -0.3 is 28.7 Å². The Morgan fingerprint density at radius 3 is 1.15 bits per heavy atom. The summed E-state index contributed by atoms with van der Waals surface area (Å²) in [5.74, 6) is 10.2. The van der Waals surface area contributed by atoms with Gasteiger partial charge in [0.2, 0.25) is 0 Å². The Bertz CT molecular complexity index is 5870. The van der Waals surface area contributed by atoms with Gasteiger partial charge in [0.15, 0.2) is 25.0 Å². The van der Waals surface area contributed by atoms with Crippen molar-refractivity contribution in [1.29, 1.82) is 0 Å². The molecular formula is C84H64N12O10S2. The number of aryl methyl sites for hydroxylation is 4. The molecule has 6 aromatic heterocycles. The summed E-state index contributed by atoms with van der Waals surface area (Å²) >= 11 is 2.99. The van der Waals surface area contributed by atoms with E-state index < -0.39 is 11.9 Å². The van der Waals surface area contributed by atoms with E-state index in [1.807, 2.05) is 160 Å². The molecule has 0 N–H and O–H groups in total. The second-order valence-corrected chi connectivity index (χ2v) is 27.0. The number of hydrogen-bond acceptors (Lipinski definition) is 20. The predicted octanol–water partition coefficient (Wildman–Crippen LogP) is 13.1. The fourth-order valence-electron chi connectivity index (χ4n) is 13.0. The van der Waals surface area contributed by atoms with E-state index in [9.17, 15) is 9.59 Å². The highest BCUT2D eigenvalue weighted by Gasteiger charge is 2.32. The first-order valence-corrected chi connectivity index (χ1v) is 35.7. The molecule has 12 aromatic rings. The number of imidazole rings is 4. The van der Waals surface area contributed by atoms with Crippen molar-refractivity contribution in [2.75, 3.05) is 40.0 Å². The lowest BCUT2D eigenvalue weighted by Crippen LogP contribution is -2.14. The van der Waals surface area contributed by atoms with Gasteiger partial charge in [0, 0.05) is 44.5 Å². The van der Waals surface area contributed by atoms with Gasteiger partial charge in [0.1, 0.15) is 49.9 Å². The molecule has 108 heavy (non-hydrogen) atoms. The van der Waals surface area contributed by atoms with E-state index in [-0.39, 0.29) is 76.3 Å². The van der Waals surface area contributed by atoms with Crippen molar-refractivity contribution in [3.8, 4) is 83.9 Å². The number of fused-ring (bicyclic) bond motifs is 12. The maximum absolute atomic E-state index is 13.2. The Balaban J connectivity index is 0.000000172. The Kier molecular flexibility index (Phi) is 20.4. The molecule has 6 aromatic carbocycles. The molecule has 0 atom stereocenters. The van der Waals surface area contributed by atoms with Gasteiger partial charge in [-0.2, -0.15) is 19.7 Å². The van der Waals surface area contributed by atoms with Crippen molar-refractivity contribution in [2.24, 2.45) is 20.0 Å². The largest absolute Gasteiger partial charge is 0.434 e. The number of thiophene rings is 2. The minimum atomic E-state index is -0.636. The summed E-state index contributed by atoms with van der Waals surface area (Å²) in [7, 11) is 0. The molecule has 0 bridgehead atoms. The van der Waals surface area contributed by atoms with Gasteiger partial charge in [0.25, 0.3) is 11.8 Å². The number of benzene rings is 6. The van der Waals surface area contributed by atoms with Crippen LogP contribution >= 0.6 is 22.7 Å². The number of ether oxygens (including phenoxy) is 4. The number of carbonyl (C=O) groups excluding carboxylic acids is 2. The van der Waals surface area contributed by atoms with Crippen LogP contribution in [0.1, 0.15) is 130 Å². The van der Waals surface area contributed by atoms with Gasteiger partial charge in [0.05, 0.1) is 116 Å². The zero-order chi connectivity index (χ0) is 74.4. The number of aromatic nitrogens is 8. The van der Waals surface area contributed by atoms with E-state index in [0.29, 0.717) is 35.9 Å². The number of rotatable bonds is 20. The van der Waals surface area contributed by atoms with E-state index in [1.54, 1.807) is 25.3 Å². The Hall–Kier alpha value is -13.1. The number of nitrogens with zero attached hydrogens (tertiary/aromatic N) is 12. The van der Waals surface area contributed by atoms with Crippen molar-refractivity contribution >= 4 is 57.5 Å². The highest BCUT2D eigenvalue weighted by molar-refractivity contribution is 7.15. The first-order valence-electron chi connectivity index (χ1n) is 34.1. The zero-order valence-electron chi connectivity index (χ0n) is 58.8. The number of esters is 2. The molecule has 24 heteroatoms. The molecule has 0 saturated heterocycles. The first kappa shape index (κ1) is 70.5. The van der Waals surface area contributed by atoms with E-state index >= 15 is 0 Å². The third-order valence-corrected chi connectivity index (χ3v) is 20.5. The second-order valence-electron chi connectivity index (χ2n) is 24.9. The highest BCUT2D eigenvalue weighted by Crippen LogP contribution is 2.38. The van der Waals surface area contributed by atoms with Crippen LogP contribution in [-0.2, 0) is 54.9 Å². The standard InChI is InChI=1S/C44H34N6O5.C40H30N6O5S2/c1-5-30-15-17-36-34(21-30)40(32-13-9-7-11-28(32)3)45-23-38-42(47-25-49(36)38)44(51)53-27-52-19-20-54-55-43-39-24-46-41(33-14-10-8-12-29(33)4)35-22-31(6-2)16-18-37(35)50(39)26-48-43;1-5-26-17-30-37(52-26)34(28-13-9-7-11-24(28)3)41-19-32-36(43-21-45(30)32)40(47)49-23-48-15-16-50-51-39-33-20-42-35(29-14-10-8-12-25(29)4)38-31(46(33)22-44-39)18-27(6-2)53-38/h1-2,7-18,21-22,25-26H,19-20,23-24,27H2,3-4H3;1-2,7-14,17-18,21-22H,15-16,19-20,23H2,3-4H3. The molecule has 22 nitrogen and oxygen atoms in total. The topological polar surface area (TPSA) is 229 Å². The van der Waals surface area contributed by atoms with Gasteiger partial charge in [-0.3, -0.25) is 38.2 Å². The summed E-state index contributed by atoms with van der Waals surface area (Å²) in [6.45, 7) is 8.83. The average molecular weight is 1470 g/mol. The zero-order valence-corrected chi connectivity index (χ0v) is 60.4. The molecule has 0 amide bonds. The third-order valence-electron chi connectivity index (χ3n) is 18.4. The van der Waals surface area contributed by atoms with E-state index in [2.05, 4.69) is 75.7 Å². The van der Waals surface area contributed by atoms with Gasteiger partial charge in [-0.1, -0.05) is 121 Å². The van der Waals surface area contributed by atoms with E-state index in [4.69, 9.17) is 84.2 Å². The fourth-order valence-corrected chi connectivity index (χ4v) is 15.0.